The van der Waals surface area contributed by atoms with E-state index >= 15 is 0 Å². The van der Waals surface area contributed by atoms with Crippen molar-refractivity contribution < 1.29 is 31.2 Å². The Balaban J connectivity index is 2.30. The Morgan fingerprint density at radius 2 is 1.59 bits per heavy atom. The van der Waals surface area contributed by atoms with E-state index < -0.39 is 38.5 Å². The number of amides is 1. The molecule has 0 atom stereocenters. The van der Waals surface area contributed by atoms with Gasteiger partial charge in [0, 0.05) is 19.8 Å². The predicted molar refractivity (Wildman–Crippen MR) is 121 cm³/mol. The molecule has 0 spiro atoms. The van der Waals surface area contributed by atoms with Crippen molar-refractivity contribution >= 4 is 43.3 Å². The second-order valence-corrected chi connectivity index (χ2v) is 11.2. The Morgan fingerprint density at radius 3 is 2.09 bits per heavy atom. The SMILES string of the molecule is COC(=O)c1ccc(C)c(NC(=O)CN(c2ccc(S(=O)(=O)N(C)C)cc2)S(C)(=O)=O)c1. The second-order valence-electron chi connectivity index (χ2n) is 7.12. The fraction of sp³-hybridized carbons (Fsp3) is 0.300. The first-order valence-electron chi connectivity index (χ1n) is 9.26. The van der Waals surface area contributed by atoms with E-state index in [4.69, 9.17) is 0 Å². The van der Waals surface area contributed by atoms with Crippen LogP contribution in [0.5, 0.6) is 0 Å². The summed E-state index contributed by atoms with van der Waals surface area (Å²) in [6, 6.07) is 9.77. The third kappa shape index (κ3) is 5.84. The fourth-order valence-electron chi connectivity index (χ4n) is 2.72. The van der Waals surface area contributed by atoms with Gasteiger partial charge in [0.05, 0.1) is 29.5 Å². The van der Waals surface area contributed by atoms with Crippen LogP contribution >= 0.6 is 0 Å². The van der Waals surface area contributed by atoms with Gasteiger partial charge in [-0.25, -0.2) is 25.9 Å². The van der Waals surface area contributed by atoms with Gasteiger partial charge < -0.3 is 10.1 Å². The molecular formula is C20H25N3O7S2. The number of benzene rings is 2. The standard InChI is InChI=1S/C20H25N3O7S2/c1-14-6-7-15(20(25)30-4)12-18(14)21-19(24)13-23(31(5,26)27)16-8-10-17(11-9-16)32(28,29)22(2)3/h6-12H,13H2,1-5H3,(H,21,24). The van der Waals surface area contributed by atoms with Crippen LogP contribution in [0.2, 0.25) is 0 Å². The lowest BCUT2D eigenvalue weighted by atomic mass is 10.1. The minimum Gasteiger partial charge on any atom is -0.465 e. The highest BCUT2D eigenvalue weighted by Gasteiger charge is 2.23. The molecule has 2 aromatic rings. The lowest BCUT2D eigenvalue weighted by Crippen LogP contribution is -2.37. The van der Waals surface area contributed by atoms with Gasteiger partial charge in [0.15, 0.2) is 0 Å². The number of hydrogen-bond acceptors (Lipinski definition) is 7. The van der Waals surface area contributed by atoms with Crippen molar-refractivity contribution in [1.29, 1.82) is 0 Å². The number of rotatable bonds is 8. The van der Waals surface area contributed by atoms with E-state index in [1.54, 1.807) is 19.1 Å². The van der Waals surface area contributed by atoms with Gasteiger partial charge in [0.25, 0.3) is 0 Å². The summed E-state index contributed by atoms with van der Waals surface area (Å²) in [5, 5.41) is 2.60. The van der Waals surface area contributed by atoms with Crippen molar-refractivity contribution in [3.63, 3.8) is 0 Å². The second kappa shape index (κ2) is 9.67. The number of carbonyl (C=O) groups is 2. The van der Waals surface area contributed by atoms with Gasteiger partial charge >= 0.3 is 5.97 Å². The van der Waals surface area contributed by atoms with Crippen molar-refractivity contribution in [2.24, 2.45) is 0 Å². The molecule has 0 aliphatic carbocycles. The summed E-state index contributed by atoms with van der Waals surface area (Å²) >= 11 is 0. The topological polar surface area (TPSA) is 130 Å². The van der Waals surface area contributed by atoms with E-state index in [-0.39, 0.29) is 16.1 Å². The molecule has 174 valence electrons. The van der Waals surface area contributed by atoms with Gasteiger partial charge in [-0.05, 0) is 48.9 Å². The lowest BCUT2D eigenvalue weighted by molar-refractivity contribution is -0.114. The number of carbonyl (C=O) groups excluding carboxylic acids is 2. The molecule has 12 heteroatoms. The molecule has 2 rings (SSSR count). The number of anilines is 2. The lowest BCUT2D eigenvalue weighted by Gasteiger charge is -2.22. The number of nitrogens with zero attached hydrogens (tertiary/aromatic N) is 2. The van der Waals surface area contributed by atoms with Crippen LogP contribution in [-0.4, -0.2) is 67.0 Å². The first-order valence-corrected chi connectivity index (χ1v) is 12.6. The molecule has 0 heterocycles. The van der Waals surface area contributed by atoms with Crippen molar-refractivity contribution in [3.8, 4) is 0 Å². The number of hydrogen-bond donors (Lipinski definition) is 1. The average molecular weight is 484 g/mol. The maximum Gasteiger partial charge on any atom is 0.337 e. The molecule has 0 aliphatic heterocycles. The molecule has 1 N–H and O–H groups in total. The minimum absolute atomic E-state index is 0.0144. The summed E-state index contributed by atoms with van der Waals surface area (Å²) in [7, 11) is -3.55. The third-order valence-corrected chi connectivity index (χ3v) is 7.49. The molecule has 0 fully saturated rings. The van der Waals surface area contributed by atoms with Crippen LogP contribution in [0.3, 0.4) is 0 Å². The van der Waals surface area contributed by atoms with E-state index in [0.717, 1.165) is 14.9 Å². The Morgan fingerprint density at radius 1 is 1.00 bits per heavy atom. The van der Waals surface area contributed by atoms with Gasteiger partial charge in [-0.15, -0.1) is 0 Å². The first kappa shape index (κ1) is 25.3. The summed E-state index contributed by atoms with van der Waals surface area (Å²) in [5.74, 6) is -1.23. The smallest absolute Gasteiger partial charge is 0.337 e. The van der Waals surface area contributed by atoms with Gasteiger partial charge in [-0.2, -0.15) is 0 Å². The molecule has 0 radical (unpaired) electrons. The number of aryl methyl sites for hydroxylation is 1. The molecule has 1 amide bonds. The largest absolute Gasteiger partial charge is 0.465 e. The monoisotopic (exact) mass is 483 g/mol. The van der Waals surface area contributed by atoms with Crippen LogP contribution in [0.15, 0.2) is 47.4 Å². The average Bonchev–Trinajstić information content (AvgIpc) is 2.72. The van der Waals surface area contributed by atoms with E-state index in [1.165, 1.54) is 51.5 Å². The molecular weight excluding hydrogens is 458 g/mol. The molecule has 2 aromatic carbocycles. The number of sulfonamides is 2. The molecule has 0 unspecified atom stereocenters. The molecule has 0 aromatic heterocycles. The molecule has 0 aliphatic rings. The van der Waals surface area contributed by atoms with E-state index in [1.807, 2.05) is 0 Å². The summed E-state index contributed by atoms with van der Waals surface area (Å²) in [4.78, 5) is 24.3. The van der Waals surface area contributed by atoms with Gasteiger partial charge in [0.2, 0.25) is 26.0 Å². The van der Waals surface area contributed by atoms with Crippen molar-refractivity contribution in [2.75, 3.05) is 43.6 Å². The zero-order valence-electron chi connectivity index (χ0n) is 18.3. The molecule has 10 nitrogen and oxygen atoms in total. The first-order chi connectivity index (χ1) is 14.8. The van der Waals surface area contributed by atoms with E-state index in [0.29, 0.717) is 11.3 Å². The van der Waals surface area contributed by atoms with Crippen LogP contribution in [0.1, 0.15) is 15.9 Å². The summed E-state index contributed by atoms with van der Waals surface area (Å²) in [6.45, 7) is 1.16. The molecule has 0 bridgehead atoms. The van der Waals surface area contributed by atoms with Gasteiger partial charge in [-0.3, -0.25) is 9.10 Å². The van der Waals surface area contributed by atoms with Crippen LogP contribution in [0.4, 0.5) is 11.4 Å². The maximum atomic E-state index is 12.6. The van der Waals surface area contributed by atoms with Crippen molar-refractivity contribution in [3.05, 3.63) is 53.6 Å². The molecule has 0 saturated heterocycles. The van der Waals surface area contributed by atoms with Crippen LogP contribution in [0.25, 0.3) is 0 Å². The molecule has 0 saturated carbocycles. The van der Waals surface area contributed by atoms with Crippen molar-refractivity contribution in [2.45, 2.75) is 11.8 Å². The van der Waals surface area contributed by atoms with Crippen LogP contribution in [0, 0.1) is 6.92 Å². The van der Waals surface area contributed by atoms with Gasteiger partial charge in [-0.1, -0.05) is 6.07 Å². The zero-order valence-corrected chi connectivity index (χ0v) is 20.0. The Hall–Kier alpha value is -2.96. The zero-order chi connectivity index (χ0) is 24.3. The number of esters is 1. The minimum atomic E-state index is -3.87. The molecule has 32 heavy (non-hydrogen) atoms. The predicted octanol–water partition coefficient (Wildman–Crippen LogP) is 1.44. The Kier molecular flexibility index (Phi) is 7.65. The highest BCUT2D eigenvalue weighted by atomic mass is 32.2. The van der Waals surface area contributed by atoms with Gasteiger partial charge in [0.1, 0.15) is 6.54 Å². The van der Waals surface area contributed by atoms with Crippen LogP contribution < -0.4 is 9.62 Å². The number of ether oxygens (including phenoxy) is 1. The normalized spacial score (nSPS) is 11.8. The Labute approximate surface area is 187 Å². The van der Waals surface area contributed by atoms with Crippen LogP contribution in [-0.2, 0) is 29.6 Å². The highest BCUT2D eigenvalue weighted by Crippen LogP contribution is 2.22. The van der Waals surface area contributed by atoms with E-state index in [9.17, 15) is 26.4 Å². The highest BCUT2D eigenvalue weighted by molar-refractivity contribution is 7.92. The summed E-state index contributed by atoms with van der Waals surface area (Å²) < 4.78 is 55.6. The fourth-order valence-corrected chi connectivity index (χ4v) is 4.47. The summed E-state index contributed by atoms with van der Waals surface area (Å²) in [6.07, 6.45) is 0.938. The quantitative estimate of drug-likeness (QED) is 0.562. The third-order valence-electron chi connectivity index (χ3n) is 4.52. The number of methoxy groups -OCH3 is 1. The maximum absolute atomic E-state index is 12.6. The Bertz CT molecular complexity index is 1220. The van der Waals surface area contributed by atoms with E-state index in [2.05, 4.69) is 10.1 Å². The van der Waals surface area contributed by atoms with Crippen molar-refractivity contribution in [1.82, 2.24) is 4.31 Å². The summed E-state index contributed by atoms with van der Waals surface area (Å²) in [5.41, 5.74) is 1.35. The number of nitrogens with one attached hydrogen (secondary N) is 1.